The topological polar surface area (TPSA) is 87.7 Å². The van der Waals surface area contributed by atoms with Crippen molar-refractivity contribution in [3.63, 3.8) is 0 Å². The number of amides is 3. The largest absolute Gasteiger partial charge is 0.472 e. The molecule has 3 aromatic rings. The number of halogens is 3. The molecule has 7 nitrogen and oxygen atoms in total. The summed E-state index contributed by atoms with van der Waals surface area (Å²) in [5, 5.41) is 6.65. The van der Waals surface area contributed by atoms with Gasteiger partial charge in [-0.3, -0.25) is 14.4 Å². The second-order valence-electron chi connectivity index (χ2n) is 8.84. The SMILES string of the molecule is CC(C)C(=O)NCc1ccc(Cl)c(C(=O)Nc2ccc3c(c2)C(=O)N(Cc2cccc(Cl)c2Cl)CO3)c1. The molecule has 3 aromatic carbocycles. The number of benzene rings is 3. The van der Waals surface area contributed by atoms with Gasteiger partial charge >= 0.3 is 0 Å². The molecule has 0 saturated heterocycles. The first-order valence-corrected chi connectivity index (χ1v) is 12.6. The first-order chi connectivity index (χ1) is 17.6. The molecule has 192 valence electrons. The van der Waals surface area contributed by atoms with Crippen molar-refractivity contribution in [3.8, 4) is 5.75 Å². The van der Waals surface area contributed by atoms with Crippen LogP contribution in [0.1, 0.15) is 45.7 Å². The Morgan fingerprint density at radius 2 is 1.81 bits per heavy atom. The van der Waals surface area contributed by atoms with E-state index in [1.807, 2.05) is 0 Å². The summed E-state index contributed by atoms with van der Waals surface area (Å²) in [5.74, 6) is -0.543. The number of carbonyl (C=O) groups excluding carboxylic acids is 3. The van der Waals surface area contributed by atoms with Crippen molar-refractivity contribution in [1.82, 2.24) is 10.2 Å². The molecule has 0 radical (unpaired) electrons. The minimum Gasteiger partial charge on any atom is -0.472 e. The fourth-order valence-corrected chi connectivity index (χ4v) is 4.30. The summed E-state index contributed by atoms with van der Waals surface area (Å²) in [6.07, 6.45) is 0. The zero-order valence-electron chi connectivity index (χ0n) is 20.1. The number of carbonyl (C=O) groups is 3. The van der Waals surface area contributed by atoms with Gasteiger partial charge in [0.25, 0.3) is 11.8 Å². The molecule has 0 saturated carbocycles. The van der Waals surface area contributed by atoms with Crippen LogP contribution in [0, 0.1) is 5.92 Å². The molecule has 0 fully saturated rings. The molecule has 0 spiro atoms. The Balaban J connectivity index is 1.49. The second kappa shape index (κ2) is 11.4. The van der Waals surface area contributed by atoms with E-state index in [4.69, 9.17) is 39.5 Å². The molecule has 0 atom stereocenters. The Hall–Kier alpha value is -3.26. The van der Waals surface area contributed by atoms with Gasteiger partial charge in [-0.05, 0) is 47.5 Å². The van der Waals surface area contributed by atoms with Gasteiger partial charge in [-0.1, -0.05) is 66.8 Å². The zero-order valence-corrected chi connectivity index (χ0v) is 22.4. The van der Waals surface area contributed by atoms with Crippen LogP contribution in [-0.4, -0.2) is 29.4 Å². The molecular weight excluding hydrogens is 537 g/mol. The summed E-state index contributed by atoms with van der Waals surface area (Å²) in [6, 6.07) is 15.0. The van der Waals surface area contributed by atoms with Gasteiger partial charge in [0.05, 0.1) is 32.7 Å². The molecular formula is C27H24Cl3N3O4. The number of nitrogens with zero attached hydrogens (tertiary/aromatic N) is 1. The smallest absolute Gasteiger partial charge is 0.260 e. The molecule has 1 heterocycles. The highest BCUT2D eigenvalue weighted by atomic mass is 35.5. The van der Waals surface area contributed by atoms with Gasteiger partial charge in [0, 0.05) is 18.2 Å². The summed E-state index contributed by atoms with van der Waals surface area (Å²) in [5.41, 5.74) is 2.37. The molecule has 2 N–H and O–H groups in total. The first-order valence-electron chi connectivity index (χ1n) is 11.5. The highest BCUT2D eigenvalue weighted by Crippen LogP contribution is 2.31. The van der Waals surface area contributed by atoms with Crippen molar-refractivity contribution in [2.24, 2.45) is 5.92 Å². The summed E-state index contributed by atoms with van der Waals surface area (Å²) in [7, 11) is 0. The summed E-state index contributed by atoms with van der Waals surface area (Å²) < 4.78 is 5.75. The summed E-state index contributed by atoms with van der Waals surface area (Å²) in [4.78, 5) is 39.6. The minimum absolute atomic E-state index is 0.0517. The van der Waals surface area contributed by atoms with Gasteiger partial charge in [-0.15, -0.1) is 0 Å². The number of nitrogens with one attached hydrogen (secondary N) is 2. The predicted octanol–water partition coefficient (Wildman–Crippen LogP) is 6.16. The average Bonchev–Trinajstić information content (AvgIpc) is 2.87. The van der Waals surface area contributed by atoms with E-state index in [-0.39, 0.29) is 48.1 Å². The Bertz CT molecular complexity index is 1380. The molecule has 0 bridgehead atoms. The maximum Gasteiger partial charge on any atom is 0.260 e. The average molecular weight is 561 g/mol. The third kappa shape index (κ3) is 6.18. The zero-order chi connectivity index (χ0) is 26.7. The minimum atomic E-state index is -0.450. The van der Waals surface area contributed by atoms with Gasteiger partial charge < -0.3 is 20.3 Å². The van der Waals surface area contributed by atoms with E-state index in [0.717, 1.165) is 5.56 Å². The van der Waals surface area contributed by atoms with Crippen molar-refractivity contribution in [1.29, 1.82) is 0 Å². The highest BCUT2D eigenvalue weighted by molar-refractivity contribution is 6.42. The lowest BCUT2D eigenvalue weighted by Gasteiger charge is -2.29. The Kier molecular flexibility index (Phi) is 8.27. The van der Waals surface area contributed by atoms with Crippen molar-refractivity contribution >= 4 is 58.2 Å². The molecule has 1 aliphatic rings. The number of ether oxygens (including phenoxy) is 1. The van der Waals surface area contributed by atoms with Crippen LogP contribution in [0.5, 0.6) is 5.75 Å². The monoisotopic (exact) mass is 559 g/mol. The van der Waals surface area contributed by atoms with Crippen molar-refractivity contribution < 1.29 is 19.1 Å². The highest BCUT2D eigenvalue weighted by Gasteiger charge is 2.27. The molecule has 1 aliphatic heterocycles. The number of hydrogen-bond donors (Lipinski definition) is 2. The fourth-order valence-electron chi connectivity index (χ4n) is 3.72. The maximum absolute atomic E-state index is 13.2. The molecule has 0 aliphatic carbocycles. The summed E-state index contributed by atoms with van der Waals surface area (Å²) in [6.45, 7) is 4.14. The number of fused-ring (bicyclic) bond motifs is 1. The van der Waals surface area contributed by atoms with Gasteiger partial charge in [-0.2, -0.15) is 0 Å². The van der Waals surface area contributed by atoms with Crippen LogP contribution in [0.4, 0.5) is 5.69 Å². The normalized spacial score (nSPS) is 12.7. The molecule has 3 amide bonds. The Morgan fingerprint density at radius 3 is 2.57 bits per heavy atom. The van der Waals surface area contributed by atoms with E-state index >= 15 is 0 Å². The predicted molar refractivity (Wildman–Crippen MR) is 144 cm³/mol. The van der Waals surface area contributed by atoms with Crippen LogP contribution in [0.2, 0.25) is 15.1 Å². The molecule has 10 heteroatoms. The quantitative estimate of drug-likeness (QED) is 0.362. The third-order valence-corrected chi connectivity index (χ3v) is 6.98. The van der Waals surface area contributed by atoms with Crippen molar-refractivity contribution in [2.45, 2.75) is 26.9 Å². The van der Waals surface area contributed by atoms with Crippen LogP contribution >= 0.6 is 34.8 Å². The number of rotatable bonds is 7. The Morgan fingerprint density at radius 1 is 1.03 bits per heavy atom. The molecule has 37 heavy (non-hydrogen) atoms. The third-order valence-electron chi connectivity index (χ3n) is 5.79. The molecule has 0 aromatic heterocycles. The van der Waals surface area contributed by atoms with Crippen LogP contribution in [0.15, 0.2) is 54.6 Å². The van der Waals surface area contributed by atoms with E-state index in [0.29, 0.717) is 32.6 Å². The molecule has 0 unspecified atom stereocenters. The first kappa shape index (κ1) is 26.8. The fraction of sp³-hybridized carbons (Fsp3) is 0.222. The van der Waals surface area contributed by atoms with Crippen molar-refractivity contribution in [2.75, 3.05) is 12.0 Å². The standard InChI is InChI=1S/C27H24Cl3N3O4/c1-15(2)25(34)31-12-16-6-8-21(28)19(10-16)26(35)32-18-7-9-23-20(11-18)27(36)33(14-37-23)13-17-4-3-5-22(29)24(17)30/h3-11,15H,12-14H2,1-2H3,(H,31,34)(H,32,35). The van der Waals surface area contributed by atoms with E-state index in [1.54, 1.807) is 68.4 Å². The maximum atomic E-state index is 13.2. The lowest BCUT2D eigenvalue weighted by atomic mass is 10.1. The second-order valence-corrected chi connectivity index (χ2v) is 10.0. The van der Waals surface area contributed by atoms with Crippen molar-refractivity contribution in [3.05, 3.63) is 91.9 Å². The van der Waals surface area contributed by atoms with Gasteiger partial charge in [-0.25, -0.2) is 0 Å². The summed E-state index contributed by atoms with van der Waals surface area (Å²) >= 11 is 18.7. The van der Waals surface area contributed by atoms with Gasteiger partial charge in [0.15, 0.2) is 6.73 Å². The van der Waals surface area contributed by atoms with Gasteiger partial charge in [0.1, 0.15) is 5.75 Å². The van der Waals surface area contributed by atoms with Crippen LogP contribution in [-0.2, 0) is 17.9 Å². The van der Waals surface area contributed by atoms with Gasteiger partial charge in [0.2, 0.25) is 5.91 Å². The number of anilines is 1. The van der Waals surface area contributed by atoms with Crippen LogP contribution in [0.25, 0.3) is 0 Å². The van der Waals surface area contributed by atoms with E-state index < -0.39 is 5.91 Å². The molecule has 4 rings (SSSR count). The van der Waals surface area contributed by atoms with E-state index in [2.05, 4.69) is 10.6 Å². The number of hydrogen-bond acceptors (Lipinski definition) is 4. The van der Waals surface area contributed by atoms with E-state index in [1.165, 1.54) is 4.90 Å². The lowest BCUT2D eigenvalue weighted by Crippen LogP contribution is -2.38. The Labute approximate surface area is 229 Å². The van der Waals surface area contributed by atoms with Crippen LogP contribution < -0.4 is 15.4 Å². The van der Waals surface area contributed by atoms with Crippen LogP contribution in [0.3, 0.4) is 0 Å². The van der Waals surface area contributed by atoms with E-state index in [9.17, 15) is 14.4 Å². The lowest BCUT2D eigenvalue weighted by molar-refractivity contribution is -0.124.